The van der Waals surface area contributed by atoms with Crippen LogP contribution >= 0.6 is 0 Å². The summed E-state index contributed by atoms with van der Waals surface area (Å²) in [5, 5.41) is 0. The molecule has 125 valence electrons. The van der Waals surface area contributed by atoms with E-state index >= 15 is 0 Å². The molecule has 1 nitrogen and oxygen atoms in total. The van der Waals surface area contributed by atoms with Crippen LogP contribution in [0.1, 0.15) is 58.1 Å². The average Bonchev–Trinajstić information content (AvgIpc) is 2.77. The third-order valence-electron chi connectivity index (χ3n) is 6.20. The van der Waals surface area contributed by atoms with Crippen LogP contribution in [-0.2, 0) is 0 Å². The Labute approximate surface area is 144 Å². The van der Waals surface area contributed by atoms with Crippen LogP contribution in [-0.4, -0.2) is 25.8 Å². The number of nitrogens with zero attached hydrogens (tertiary/aromatic N) is 1. The van der Waals surface area contributed by atoms with Crippen molar-refractivity contribution in [1.82, 2.24) is 4.90 Å². The van der Waals surface area contributed by atoms with Gasteiger partial charge in [-0.2, -0.15) is 0 Å². The second kappa shape index (κ2) is 6.38. The summed E-state index contributed by atoms with van der Waals surface area (Å²) in [5.41, 5.74) is 6.06. The summed E-state index contributed by atoms with van der Waals surface area (Å²) in [7, 11) is 4.56. The largest absolute Gasteiger partial charge is 0.378 e. The van der Waals surface area contributed by atoms with Crippen LogP contribution in [0.3, 0.4) is 0 Å². The Morgan fingerprint density at radius 1 is 1.22 bits per heavy atom. The minimum Gasteiger partial charge on any atom is -0.378 e. The molecule has 0 aliphatic carbocycles. The van der Waals surface area contributed by atoms with Crippen LogP contribution < -0.4 is 5.46 Å². The van der Waals surface area contributed by atoms with Gasteiger partial charge in [-0.3, -0.25) is 0 Å². The van der Waals surface area contributed by atoms with Crippen molar-refractivity contribution in [2.45, 2.75) is 60.2 Å². The van der Waals surface area contributed by atoms with E-state index in [4.69, 9.17) is 0 Å². The highest BCUT2D eigenvalue weighted by atomic mass is 15.1. The Morgan fingerprint density at radius 3 is 2.39 bits per heavy atom. The van der Waals surface area contributed by atoms with Gasteiger partial charge in [0.1, 0.15) is 0 Å². The van der Waals surface area contributed by atoms with E-state index in [1.807, 2.05) is 0 Å². The maximum atomic E-state index is 4.30. The lowest BCUT2D eigenvalue weighted by Gasteiger charge is -2.39. The number of rotatable bonds is 4. The SMILES string of the molecule is C=C1C(c2cc([B]CC(C)(C)C(C)(C)C)ccc2C)CCN1C. The molecule has 23 heavy (non-hydrogen) atoms. The van der Waals surface area contributed by atoms with Crippen molar-refractivity contribution in [3.8, 4) is 0 Å². The number of benzene rings is 1. The van der Waals surface area contributed by atoms with E-state index in [9.17, 15) is 0 Å². The Bertz CT molecular complexity index is 580. The van der Waals surface area contributed by atoms with Gasteiger partial charge in [-0.25, -0.2) is 0 Å². The van der Waals surface area contributed by atoms with E-state index in [1.54, 1.807) is 0 Å². The van der Waals surface area contributed by atoms with Crippen molar-refractivity contribution in [3.63, 3.8) is 0 Å². The van der Waals surface area contributed by atoms with Gasteiger partial charge in [0.15, 0.2) is 7.28 Å². The lowest BCUT2D eigenvalue weighted by Crippen LogP contribution is -2.33. The highest BCUT2D eigenvalue weighted by Gasteiger charge is 2.32. The average molecular weight is 310 g/mol. The van der Waals surface area contributed by atoms with E-state index in [0.717, 1.165) is 12.9 Å². The summed E-state index contributed by atoms with van der Waals surface area (Å²) in [5.74, 6) is 0.490. The van der Waals surface area contributed by atoms with E-state index < -0.39 is 0 Å². The van der Waals surface area contributed by atoms with Gasteiger partial charge in [-0.05, 0) is 35.3 Å². The van der Waals surface area contributed by atoms with Crippen molar-refractivity contribution in [2.75, 3.05) is 13.6 Å². The maximum Gasteiger partial charge on any atom is 0.152 e. The molecule has 0 saturated carbocycles. The zero-order chi connectivity index (χ0) is 17.4. The first-order chi connectivity index (χ1) is 10.5. The van der Waals surface area contributed by atoms with Crippen LogP contribution in [0, 0.1) is 17.8 Å². The topological polar surface area (TPSA) is 3.24 Å². The first-order valence-electron chi connectivity index (χ1n) is 8.86. The number of likely N-dealkylation sites (tertiary alicyclic amines) is 1. The van der Waals surface area contributed by atoms with Crippen LogP contribution in [0.2, 0.25) is 6.32 Å². The number of hydrogen-bond donors (Lipinski definition) is 0. The highest BCUT2D eigenvalue weighted by molar-refractivity contribution is 6.53. The van der Waals surface area contributed by atoms with Gasteiger partial charge >= 0.3 is 0 Å². The first kappa shape index (κ1) is 18.2. The van der Waals surface area contributed by atoms with Crippen LogP contribution in [0.4, 0.5) is 0 Å². The minimum atomic E-state index is 0.287. The Hall–Kier alpha value is -1.18. The van der Waals surface area contributed by atoms with Crippen LogP contribution in [0.15, 0.2) is 30.5 Å². The smallest absolute Gasteiger partial charge is 0.152 e. The first-order valence-corrected chi connectivity index (χ1v) is 8.86. The third-order valence-corrected chi connectivity index (χ3v) is 6.20. The van der Waals surface area contributed by atoms with E-state index in [-0.39, 0.29) is 5.41 Å². The standard InChI is InChI=1S/C21H33BN/c1-15-9-10-17(22-14-21(6,7)20(3,4)5)13-19(15)18-11-12-23(8)16(18)2/h9-10,13,18H,2,11-12,14H2,1,3-8H3. The van der Waals surface area contributed by atoms with Gasteiger partial charge in [0.05, 0.1) is 0 Å². The molecule has 2 heteroatoms. The van der Waals surface area contributed by atoms with Gasteiger partial charge in [0.25, 0.3) is 0 Å². The fraction of sp³-hybridized carbons (Fsp3) is 0.619. The molecule has 0 N–H and O–H groups in total. The molecule has 1 aliphatic heterocycles. The second-order valence-electron chi connectivity index (χ2n) is 8.91. The van der Waals surface area contributed by atoms with E-state index in [0.29, 0.717) is 11.3 Å². The highest BCUT2D eigenvalue weighted by Crippen LogP contribution is 2.41. The van der Waals surface area contributed by atoms with Gasteiger partial charge in [-0.15, -0.1) is 0 Å². The zero-order valence-corrected chi connectivity index (χ0v) is 16.2. The molecule has 0 bridgehead atoms. The van der Waals surface area contributed by atoms with E-state index in [2.05, 4.69) is 85.5 Å². The van der Waals surface area contributed by atoms with Crippen molar-refractivity contribution < 1.29 is 0 Å². The van der Waals surface area contributed by atoms with Gasteiger partial charge < -0.3 is 4.90 Å². The summed E-state index contributed by atoms with van der Waals surface area (Å²) >= 11 is 0. The molecule has 1 aromatic carbocycles. The molecule has 1 aromatic rings. The molecule has 1 radical (unpaired) electrons. The fourth-order valence-electron chi connectivity index (χ4n) is 3.07. The lowest BCUT2D eigenvalue weighted by atomic mass is 9.53. The molecule has 1 aliphatic rings. The Balaban J connectivity index is 2.17. The molecule has 2 rings (SSSR count). The quantitative estimate of drug-likeness (QED) is 0.726. The van der Waals surface area contributed by atoms with Crippen molar-refractivity contribution >= 4 is 12.7 Å². The van der Waals surface area contributed by atoms with Crippen molar-refractivity contribution in [2.24, 2.45) is 10.8 Å². The molecule has 1 heterocycles. The number of hydrogen-bond acceptors (Lipinski definition) is 1. The predicted octanol–water partition coefficient (Wildman–Crippen LogP) is 4.75. The monoisotopic (exact) mass is 310 g/mol. The van der Waals surface area contributed by atoms with Gasteiger partial charge in [0.2, 0.25) is 0 Å². The van der Waals surface area contributed by atoms with Crippen LogP contribution in [0.5, 0.6) is 0 Å². The predicted molar refractivity (Wildman–Crippen MR) is 104 cm³/mol. The molecule has 1 unspecified atom stereocenters. The summed E-state index contributed by atoms with van der Waals surface area (Å²) in [6.45, 7) is 19.4. The minimum absolute atomic E-state index is 0.287. The molecule has 0 spiro atoms. The van der Waals surface area contributed by atoms with Gasteiger partial charge in [0, 0.05) is 25.2 Å². The molecule has 1 saturated heterocycles. The zero-order valence-electron chi connectivity index (χ0n) is 16.2. The molecule has 0 aromatic heterocycles. The number of allylic oxidation sites excluding steroid dienone is 1. The molecule has 1 atom stereocenters. The van der Waals surface area contributed by atoms with Crippen molar-refractivity contribution in [1.29, 1.82) is 0 Å². The van der Waals surface area contributed by atoms with Crippen LogP contribution in [0.25, 0.3) is 0 Å². The molecule has 1 fully saturated rings. The van der Waals surface area contributed by atoms with Crippen molar-refractivity contribution in [3.05, 3.63) is 41.6 Å². The number of aryl methyl sites for hydroxylation is 1. The Morgan fingerprint density at radius 2 is 1.87 bits per heavy atom. The molecular weight excluding hydrogens is 277 g/mol. The summed E-state index contributed by atoms with van der Waals surface area (Å²) in [4.78, 5) is 2.29. The normalized spacial score (nSPS) is 19.3. The molecular formula is C21H33BN. The maximum absolute atomic E-state index is 4.30. The van der Waals surface area contributed by atoms with E-state index in [1.165, 1.54) is 28.7 Å². The fourth-order valence-corrected chi connectivity index (χ4v) is 3.07. The third kappa shape index (κ3) is 3.84. The summed E-state index contributed by atoms with van der Waals surface area (Å²) < 4.78 is 0. The molecule has 0 amide bonds. The summed E-state index contributed by atoms with van der Waals surface area (Å²) in [6, 6.07) is 6.93. The second-order valence-corrected chi connectivity index (χ2v) is 8.91. The lowest BCUT2D eigenvalue weighted by molar-refractivity contribution is 0.157. The summed E-state index contributed by atoms with van der Waals surface area (Å²) in [6.07, 6.45) is 2.29. The Kier molecular flexibility index (Phi) is 5.04. The van der Waals surface area contributed by atoms with Gasteiger partial charge in [-0.1, -0.05) is 71.2 Å². The number of likely N-dealkylation sites (N-methyl/N-ethyl adjacent to an activating group) is 1.